The van der Waals surface area contributed by atoms with E-state index in [1.807, 2.05) is 18.2 Å². The largest absolute Gasteiger partial charge is 0.320 e. The fourth-order valence-corrected chi connectivity index (χ4v) is 4.97. The minimum Gasteiger partial charge on any atom is -0.320 e. The Balaban J connectivity index is 2.43. The second-order valence-corrected chi connectivity index (χ2v) is 8.08. The first-order valence-electron chi connectivity index (χ1n) is 4.63. The highest BCUT2D eigenvalue weighted by Crippen LogP contribution is 2.37. The fraction of sp³-hybridized carbons (Fsp3) is 0.0909. The summed E-state index contributed by atoms with van der Waals surface area (Å²) < 4.78 is 2.04. The van der Waals surface area contributed by atoms with Gasteiger partial charge in [-0.3, -0.25) is 0 Å². The van der Waals surface area contributed by atoms with Gasteiger partial charge >= 0.3 is 0 Å². The van der Waals surface area contributed by atoms with Gasteiger partial charge in [0.25, 0.3) is 0 Å². The Morgan fingerprint density at radius 1 is 1.06 bits per heavy atom. The van der Waals surface area contributed by atoms with Gasteiger partial charge in [0.15, 0.2) is 0 Å². The van der Waals surface area contributed by atoms with Gasteiger partial charge in [-0.15, -0.1) is 11.3 Å². The molecule has 0 fully saturated rings. The molecule has 0 aliphatic carbocycles. The first-order valence-corrected chi connectivity index (χ1v) is 7.79. The molecule has 1 heterocycles. The van der Waals surface area contributed by atoms with Gasteiger partial charge < -0.3 is 5.73 Å². The minimum atomic E-state index is -0.247. The van der Waals surface area contributed by atoms with Gasteiger partial charge in [-0.05, 0) is 67.3 Å². The van der Waals surface area contributed by atoms with Crippen molar-refractivity contribution < 1.29 is 0 Å². The summed E-state index contributed by atoms with van der Waals surface area (Å²) in [5.41, 5.74) is 8.12. The lowest BCUT2D eigenvalue weighted by molar-refractivity contribution is 0.872. The Labute approximate surface area is 130 Å². The normalized spacial score (nSPS) is 12.8. The summed E-state index contributed by atoms with van der Waals surface area (Å²) in [6.07, 6.45) is 0. The van der Waals surface area contributed by atoms with Gasteiger partial charge in [0.1, 0.15) is 0 Å². The molecule has 2 N–H and O–H groups in total. The average molecular weight is 416 g/mol. The monoisotopic (exact) mass is 413 g/mol. The van der Waals surface area contributed by atoms with Crippen molar-refractivity contribution in [2.45, 2.75) is 6.04 Å². The second kappa shape index (κ2) is 5.59. The molecule has 1 aromatic heterocycles. The zero-order chi connectivity index (χ0) is 12.6. The molecule has 0 spiro atoms. The van der Waals surface area contributed by atoms with Crippen LogP contribution < -0.4 is 5.73 Å². The maximum absolute atomic E-state index is 6.21. The summed E-state index contributed by atoms with van der Waals surface area (Å²) in [6.45, 7) is 0. The molecule has 1 aromatic carbocycles. The molecule has 0 radical (unpaired) electrons. The van der Waals surface area contributed by atoms with E-state index in [4.69, 9.17) is 28.9 Å². The van der Waals surface area contributed by atoms with E-state index in [-0.39, 0.29) is 6.04 Å². The van der Waals surface area contributed by atoms with Crippen LogP contribution in [0, 0.1) is 0 Å². The molecule has 2 rings (SSSR count). The highest BCUT2D eigenvalue weighted by Gasteiger charge is 2.16. The van der Waals surface area contributed by atoms with Crippen LogP contribution in [0.5, 0.6) is 0 Å². The van der Waals surface area contributed by atoms with Crippen molar-refractivity contribution in [3.8, 4) is 0 Å². The van der Waals surface area contributed by atoms with Crippen molar-refractivity contribution in [3.05, 3.63) is 53.0 Å². The Kier molecular flexibility index (Phi) is 4.55. The molecule has 0 saturated carbocycles. The zero-order valence-electron chi connectivity index (χ0n) is 8.38. The maximum Gasteiger partial charge on any atom is 0.0761 e. The standard InChI is InChI=1S/C11H7Br2Cl2NS/c12-9-4-8(11(13)17-9)10(16)5-1-6(14)3-7(15)2-5/h1-4,10H,16H2. The molecule has 0 saturated heterocycles. The van der Waals surface area contributed by atoms with E-state index in [0.29, 0.717) is 10.0 Å². The highest BCUT2D eigenvalue weighted by atomic mass is 79.9. The first-order chi connectivity index (χ1) is 7.97. The van der Waals surface area contributed by atoms with Gasteiger partial charge in [0.2, 0.25) is 0 Å². The molecule has 0 aliphatic heterocycles. The number of hydrogen-bond acceptors (Lipinski definition) is 2. The summed E-state index contributed by atoms with van der Waals surface area (Å²) in [7, 11) is 0. The molecule has 2 aromatic rings. The molecule has 6 heteroatoms. The van der Waals surface area contributed by atoms with Crippen molar-refractivity contribution in [1.29, 1.82) is 0 Å². The summed E-state index contributed by atoms with van der Waals surface area (Å²) >= 11 is 20.5. The Morgan fingerprint density at radius 3 is 2.12 bits per heavy atom. The first kappa shape index (κ1) is 13.8. The third-order valence-electron chi connectivity index (χ3n) is 2.26. The molecule has 0 amide bonds. The van der Waals surface area contributed by atoms with Gasteiger partial charge in [-0.2, -0.15) is 0 Å². The van der Waals surface area contributed by atoms with Crippen LogP contribution in [-0.4, -0.2) is 0 Å². The third kappa shape index (κ3) is 3.25. The van der Waals surface area contributed by atoms with Crippen LogP contribution >= 0.6 is 66.4 Å². The minimum absolute atomic E-state index is 0.247. The van der Waals surface area contributed by atoms with Gasteiger partial charge in [-0.25, -0.2) is 0 Å². The SMILES string of the molecule is NC(c1cc(Cl)cc(Cl)c1)c1cc(Br)sc1Br. The van der Waals surface area contributed by atoms with E-state index in [0.717, 1.165) is 18.7 Å². The van der Waals surface area contributed by atoms with Crippen molar-refractivity contribution in [2.75, 3.05) is 0 Å². The van der Waals surface area contributed by atoms with E-state index in [1.54, 1.807) is 17.4 Å². The van der Waals surface area contributed by atoms with Gasteiger partial charge in [0.05, 0.1) is 13.6 Å². The highest BCUT2D eigenvalue weighted by molar-refractivity contribution is 9.12. The van der Waals surface area contributed by atoms with E-state index >= 15 is 0 Å². The molecule has 17 heavy (non-hydrogen) atoms. The summed E-state index contributed by atoms with van der Waals surface area (Å²) in [4.78, 5) is 0. The number of thiophene rings is 1. The van der Waals surface area contributed by atoms with Crippen LogP contribution in [0.2, 0.25) is 10.0 Å². The van der Waals surface area contributed by atoms with E-state index in [2.05, 4.69) is 31.9 Å². The van der Waals surface area contributed by atoms with E-state index < -0.39 is 0 Å². The molecule has 1 nitrogen and oxygen atoms in total. The number of rotatable bonds is 2. The number of halogens is 4. The van der Waals surface area contributed by atoms with Crippen LogP contribution in [0.3, 0.4) is 0 Å². The van der Waals surface area contributed by atoms with Gasteiger partial charge in [-0.1, -0.05) is 23.2 Å². The zero-order valence-corrected chi connectivity index (χ0v) is 13.9. The number of benzene rings is 1. The molecule has 1 unspecified atom stereocenters. The fourth-order valence-electron chi connectivity index (χ4n) is 1.50. The Hall–Kier alpha value is 0.420. The maximum atomic E-state index is 6.21. The quantitative estimate of drug-likeness (QED) is 0.676. The smallest absolute Gasteiger partial charge is 0.0761 e. The average Bonchev–Trinajstić information content (AvgIpc) is 2.55. The van der Waals surface area contributed by atoms with Crippen molar-refractivity contribution in [2.24, 2.45) is 5.73 Å². The topological polar surface area (TPSA) is 26.0 Å². The molecule has 90 valence electrons. The Bertz CT molecular complexity index is 536. The number of nitrogens with two attached hydrogens (primary N) is 1. The Morgan fingerprint density at radius 2 is 1.65 bits per heavy atom. The van der Waals surface area contributed by atoms with Crippen LogP contribution in [-0.2, 0) is 0 Å². The van der Waals surface area contributed by atoms with Crippen LogP contribution in [0.4, 0.5) is 0 Å². The van der Waals surface area contributed by atoms with Crippen molar-refractivity contribution in [3.63, 3.8) is 0 Å². The van der Waals surface area contributed by atoms with Crippen LogP contribution in [0.1, 0.15) is 17.2 Å². The van der Waals surface area contributed by atoms with Crippen molar-refractivity contribution >= 4 is 66.4 Å². The van der Waals surface area contributed by atoms with Crippen LogP contribution in [0.25, 0.3) is 0 Å². The predicted molar refractivity (Wildman–Crippen MR) is 82.2 cm³/mol. The lowest BCUT2D eigenvalue weighted by Gasteiger charge is -2.12. The summed E-state index contributed by atoms with van der Waals surface area (Å²) in [5, 5.41) is 1.18. The summed E-state index contributed by atoms with van der Waals surface area (Å²) in [5.74, 6) is 0. The molecular weight excluding hydrogens is 409 g/mol. The number of hydrogen-bond donors (Lipinski definition) is 1. The molecular formula is C11H7Br2Cl2NS. The molecule has 0 bridgehead atoms. The van der Waals surface area contributed by atoms with Crippen molar-refractivity contribution in [1.82, 2.24) is 0 Å². The van der Waals surface area contributed by atoms with Gasteiger partial charge in [0, 0.05) is 10.0 Å². The summed E-state index contributed by atoms with van der Waals surface area (Å²) in [6, 6.07) is 7.10. The second-order valence-electron chi connectivity index (χ2n) is 3.46. The lowest BCUT2D eigenvalue weighted by Crippen LogP contribution is -2.11. The predicted octanol–water partition coefficient (Wildman–Crippen LogP) is 5.63. The van der Waals surface area contributed by atoms with E-state index in [1.165, 1.54) is 0 Å². The molecule has 1 atom stereocenters. The van der Waals surface area contributed by atoms with E-state index in [9.17, 15) is 0 Å². The third-order valence-corrected chi connectivity index (χ3v) is 5.08. The lowest BCUT2D eigenvalue weighted by atomic mass is 10.0. The molecule has 0 aliphatic rings. The van der Waals surface area contributed by atoms with Crippen LogP contribution in [0.15, 0.2) is 31.8 Å².